The molecule has 2 heterocycles. The standard InChI is InChI=1S/C34H39ClN6O2/c1-23-10-13-26(14-11-23)41-31(21-30(38-41)34(3,4)5)37-33(43)36-29-20-25(12-15-28(29)35)22-39-16-18-40(19-17-39)32(42)27-9-7-6-8-24(27)2/h6-15,20-21H,16-19,22H2,1-5H3,(H2,36,37,43). The lowest BCUT2D eigenvalue weighted by atomic mass is 9.92. The smallest absolute Gasteiger partial charge is 0.324 e. The van der Waals surface area contributed by atoms with Gasteiger partial charge in [-0.3, -0.25) is 15.0 Å². The highest BCUT2D eigenvalue weighted by Crippen LogP contribution is 2.28. The summed E-state index contributed by atoms with van der Waals surface area (Å²) in [6, 6.07) is 22.9. The predicted molar refractivity (Wildman–Crippen MR) is 173 cm³/mol. The lowest BCUT2D eigenvalue weighted by Crippen LogP contribution is -2.48. The Kier molecular flexibility index (Phi) is 8.89. The fraction of sp³-hybridized carbons (Fsp3) is 0.324. The first-order chi connectivity index (χ1) is 20.5. The lowest BCUT2D eigenvalue weighted by Gasteiger charge is -2.35. The molecule has 8 nitrogen and oxygen atoms in total. The summed E-state index contributed by atoms with van der Waals surface area (Å²) in [6.45, 7) is 13.8. The van der Waals surface area contributed by atoms with Crippen molar-refractivity contribution in [3.05, 3.63) is 106 Å². The minimum absolute atomic E-state index is 0.0834. The fourth-order valence-electron chi connectivity index (χ4n) is 5.11. The van der Waals surface area contributed by atoms with E-state index in [0.29, 0.717) is 36.2 Å². The summed E-state index contributed by atoms with van der Waals surface area (Å²) in [7, 11) is 0. The third-order valence-electron chi connectivity index (χ3n) is 7.72. The lowest BCUT2D eigenvalue weighted by molar-refractivity contribution is 0.0628. The SMILES string of the molecule is Cc1ccc(-n2nc(C(C)(C)C)cc2NC(=O)Nc2cc(CN3CCN(C(=O)c4ccccc4C)CC3)ccc2Cl)cc1. The number of hydrogen-bond donors (Lipinski definition) is 2. The van der Waals surface area contributed by atoms with E-state index in [1.54, 1.807) is 10.7 Å². The van der Waals surface area contributed by atoms with Gasteiger partial charge in [-0.05, 0) is 55.3 Å². The van der Waals surface area contributed by atoms with Crippen LogP contribution in [0.3, 0.4) is 0 Å². The van der Waals surface area contributed by atoms with E-state index in [9.17, 15) is 9.59 Å². The van der Waals surface area contributed by atoms with E-state index in [4.69, 9.17) is 16.7 Å². The Morgan fingerprint density at radius 3 is 2.26 bits per heavy atom. The van der Waals surface area contributed by atoms with Crippen molar-refractivity contribution in [3.8, 4) is 5.69 Å². The van der Waals surface area contributed by atoms with Gasteiger partial charge in [0, 0.05) is 49.8 Å². The van der Waals surface area contributed by atoms with Crippen LogP contribution in [0.25, 0.3) is 5.69 Å². The van der Waals surface area contributed by atoms with Gasteiger partial charge in [-0.15, -0.1) is 0 Å². The highest BCUT2D eigenvalue weighted by atomic mass is 35.5. The Labute approximate surface area is 258 Å². The average molecular weight is 599 g/mol. The molecule has 5 rings (SSSR count). The van der Waals surface area contributed by atoms with E-state index in [0.717, 1.165) is 46.7 Å². The van der Waals surface area contributed by atoms with Crippen molar-refractivity contribution >= 4 is 35.0 Å². The first-order valence-corrected chi connectivity index (χ1v) is 15.0. The van der Waals surface area contributed by atoms with Crippen LogP contribution in [0.4, 0.5) is 16.3 Å². The number of carbonyl (C=O) groups excluding carboxylic acids is 2. The van der Waals surface area contributed by atoms with Gasteiger partial charge in [-0.25, -0.2) is 9.48 Å². The number of hydrogen-bond acceptors (Lipinski definition) is 4. The number of amides is 3. The van der Waals surface area contributed by atoms with E-state index in [2.05, 4.69) is 36.3 Å². The minimum Gasteiger partial charge on any atom is -0.336 e. The zero-order valence-corrected chi connectivity index (χ0v) is 26.2. The minimum atomic E-state index is -0.406. The Hall–Kier alpha value is -4.14. The number of anilines is 2. The quantitative estimate of drug-likeness (QED) is 0.249. The first kappa shape index (κ1) is 30.3. The molecule has 1 aromatic heterocycles. The van der Waals surface area contributed by atoms with Gasteiger partial charge in [0.15, 0.2) is 0 Å². The largest absolute Gasteiger partial charge is 0.336 e. The Bertz CT molecular complexity index is 1610. The van der Waals surface area contributed by atoms with Gasteiger partial charge in [0.2, 0.25) is 0 Å². The summed E-state index contributed by atoms with van der Waals surface area (Å²) in [4.78, 5) is 30.4. The number of benzene rings is 3. The average Bonchev–Trinajstić information content (AvgIpc) is 3.40. The molecule has 224 valence electrons. The highest BCUT2D eigenvalue weighted by molar-refractivity contribution is 6.33. The summed E-state index contributed by atoms with van der Waals surface area (Å²) in [6.07, 6.45) is 0. The number of nitrogens with one attached hydrogen (secondary N) is 2. The topological polar surface area (TPSA) is 82.5 Å². The summed E-state index contributed by atoms with van der Waals surface area (Å²) in [5.74, 6) is 0.650. The molecule has 43 heavy (non-hydrogen) atoms. The van der Waals surface area contributed by atoms with E-state index >= 15 is 0 Å². The van der Waals surface area contributed by atoms with Crippen molar-refractivity contribution in [2.24, 2.45) is 0 Å². The highest BCUT2D eigenvalue weighted by Gasteiger charge is 2.24. The number of nitrogens with zero attached hydrogens (tertiary/aromatic N) is 4. The van der Waals surface area contributed by atoms with E-state index < -0.39 is 6.03 Å². The number of urea groups is 1. The van der Waals surface area contributed by atoms with Crippen molar-refractivity contribution in [1.82, 2.24) is 19.6 Å². The summed E-state index contributed by atoms with van der Waals surface area (Å²) in [5, 5.41) is 11.1. The molecular formula is C34H39ClN6O2. The molecule has 1 fully saturated rings. The second-order valence-electron chi connectivity index (χ2n) is 12.2. The van der Waals surface area contributed by atoms with Crippen LogP contribution in [0.2, 0.25) is 5.02 Å². The van der Waals surface area contributed by atoms with Crippen LogP contribution in [-0.2, 0) is 12.0 Å². The molecule has 0 radical (unpaired) electrons. The number of carbonyl (C=O) groups is 2. The van der Waals surface area contributed by atoms with Gasteiger partial charge < -0.3 is 10.2 Å². The van der Waals surface area contributed by atoms with Crippen molar-refractivity contribution in [2.45, 2.75) is 46.6 Å². The van der Waals surface area contributed by atoms with Crippen LogP contribution >= 0.6 is 11.6 Å². The zero-order valence-electron chi connectivity index (χ0n) is 25.4. The van der Waals surface area contributed by atoms with Crippen LogP contribution in [0.1, 0.15) is 53.5 Å². The molecule has 3 amide bonds. The Morgan fingerprint density at radius 2 is 1.58 bits per heavy atom. The zero-order chi connectivity index (χ0) is 30.7. The van der Waals surface area contributed by atoms with Gasteiger partial charge in [-0.2, -0.15) is 5.10 Å². The van der Waals surface area contributed by atoms with Gasteiger partial charge in [0.1, 0.15) is 5.82 Å². The van der Waals surface area contributed by atoms with Crippen LogP contribution in [0, 0.1) is 13.8 Å². The molecule has 1 aliphatic heterocycles. The van der Waals surface area contributed by atoms with Gasteiger partial charge >= 0.3 is 6.03 Å². The number of aryl methyl sites for hydroxylation is 2. The van der Waals surface area contributed by atoms with Crippen LogP contribution < -0.4 is 10.6 Å². The maximum absolute atomic E-state index is 13.2. The molecule has 0 saturated carbocycles. The van der Waals surface area contributed by atoms with Crippen molar-refractivity contribution in [3.63, 3.8) is 0 Å². The molecule has 9 heteroatoms. The molecule has 4 aromatic rings. The van der Waals surface area contributed by atoms with Gasteiger partial charge in [0.05, 0.1) is 22.1 Å². The molecule has 3 aromatic carbocycles. The van der Waals surface area contributed by atoms with E-state index in [1.165, 1.54) is 0 Å². The molecule has 0 atom stereocenters. The second kappa shape index (κ2) is 12.6. The van der Waals surface area contributed by atoms with Crippen molar-refractivity contribution in [1.29, 1.82) is 0 Å². The van der Waals surface area contributed by atoms with Crippen molar-refractivity contribution < 1.29 is 9.59 Å². The normalized spacial score (nSPS) is 14.0. The van der Waals surface area contributed by atoms with Crippen molar-refractivity contribution in [2.75, 3.05) is 36.8 Å². The van der Waals surface area contributed by atoms with E-state index in [1.807, 2.05) is 85.5 Å². The van der Waals surface area contributed by atoms with Crippen LogP contribution in [0.15, 0.2) is 72.8 Å². The molecule has 0 aliphatic carbocycles. The van der Waals surface area contributed by atoms with Crippen LogP contribution in [0.5, 0.6) is 0 Å². The Morgan fingerprint density at radius 1 is 0.884 bits per heavy atom. The first-order valence-electron chi connectivity index (χ1n) is 14.6. The Balaban J connectivity index is 1.23. The molecule has 1 saturated heterocycles. The second-order valence-corrected chi connectivity index (χ2v) is 12.6. The third kappa shape index (κ3) is 7.27. The number of aromatic nitrogens is 2. The third-order valence-corrected chi connectivity index (χ3v) is 8.05. The molecule has 0 bridgehead atoms. The predicted octanol–water partition coefficient (Wildman–Crippen LogP) is 7.04. The molecular weight excluding hydrogens is 560 g/mol. The maximum Gasteiger partial charge on any atom is 0.324 e. The van der Waals surface area contributed by atoms with Gasteiger partial charge in [-0.1, -0.05) is 74.3 Å². The molecule has 2 N–H and O–H groups in total. The maximum atomic E-state index is 13.2. The number of halogens is 1. The van der Waals surface area contributed by atoms with Crippen LogP contribution in [-0.4, -0.2) is 57.7 Å². The molecule has 0 spiro atoms. The summed E-state index contributed by atoms with van der Waals surface area (Å²) < 4.78 is 1.75. The number of rotatable bonds is 6. The number of piperazine rings is 1. The molecule has 0 unspecified atom stereocenters. The summed E-state index contributed by atoms with van der Waals surface area (Å²) in [5.41, 5.74) is 5.99. The van der Waals surface area contributed by atoms with Gasteiger partial charge in [0.25, 0.3) is 5.91 Å². The fourth-order valence-corrected chi connectivity index (χ4v) is 5.27. The molecule has 1 aliphatic rings. The van der Waals surface area contributed by atoms with E-state index in [-0.39, 0.29) is 11.3 Å². The monoisotopic (exact) mass is 598 g/mol. The summed E-state index contributed by atoms with van der Waals surface area (Å²) >= 11 is 6.50.